The van der Waals surface area contributed by atoms with Crippen LogP contribution < -0.4 is 10.1 Å². The molecule has 0 saturated heterocycles. The first-order valence-corrected chi connectivity index (χ1v) is 8.75. The fourth-order valence-electron chi connectivity index (χ4n) is 3.55. The smallest absolute Gasteiger partial charge is 0.160 e. The Bertz CT molecular complexity index is 997. The minimum Gasteiger partial charge on any atom is -0.504 e. The molecule has 1 aliphatic rings. The van der Waals surface area contributed by atoms with Gasteiger partial charge in [0.05, 0.1) is 12.7 Å². The lowest BCUT2D eigenvalue weighted by molar-refractivity contribution is 0.373. The van der Waals surface area contributed by atoms with E-state index in [4.69, 9.17) is 9.72 Å². The van der Waals surface area contributed by atoms with E-state index in [-0.39, 0.29) is 5.75 Å². The monoisotopic (exact) mass is 348 g/mol. The molecule has 4 rings (SSSR count). The molecule has 1 aliphatic carbocycles. The predicted molar refractivity (Wildman–Crippen MR) is 99.4 cm³/mol. The van der Waals surface area contributed by atoms with E-state index in [0.29, 0.717) is 17.4 Å². The number of rotatable bonds is 4. The molecule has 0 atom stereocenters. The van der Waals surface area contributed by atoms with E-state index in [2.05, 4.69) is 11.4 Å². The Morgan fingerprint density at radius 2 is 2.08 bits per heavy atom. The Morgan fingerprint density at radius 1 is 1.27 bits per heavy atom. The summed E-state index contributed by atoms with van der Waals surface area (Å²) in [5.41, 5.74) is 2.89. The lowest BCUT2D eigenvalue weighted by atomic mass is 10.1. The normalized spacial score (nSPS) is 14.5. The van der Waals surface area contributed by atoms with Gasteiger partial charge < -0.3 is 15.2 Å². The fraction of sp³-hybridized carbons (Fsp3) is 0.300. The summed E-state index contributed by atoms with van der Waals surface area (Å²) in [4.78, 5) is 4.74. The topological polar surface area (TPSA) is 82.6 Å². The van der Waals surface area contributed by atoms with Gasteiger partial charge >= 0.3 is 0 Å². The molecule has 26 heavy (non-hydrogen) atoms. The average Bonchev–Trinajstić information content (AvgIpc) is 3.30. The third-order valence-corrected chi connectivity index (χ3v) is 4.90. The Kier molecular flexibility index (Phi) is 4.13. The lowest BCUT2D eigenvalue weighted by Crippen LogP contribution is -2.16. The highest BCUT2D eigenvalue weighted by Crippen LogP contribution is 2.36. The van der Waals surface area contributed by atoms with E-state index >= 15 is 0 Å². The van der Waals surface area contributed by atoms with Crippen molar-refractivity contribution < 1.29 is 9.84 Å². The predicted octanol–water partition coefficient (Wildman–Crippen LogP) is 3.94. The number of aromatic nitrogens is 2. The number of hydrogen-bond donors (Lipinski definition) is 2. The summed E-state index contributed by atoms with van der Waals surface area (Å²) >= 11 is 0. The van der Waals surface area contributed by atoms with Crippen molar-refractivity contribution in [2.24, 2.45) is 0 Å². The van der Waals surface area contributed by atoms with Gasteiger partial charge in [-0.2, -0.15) is 5.26 Å². The third-order valence-electron chi connectivity index (χ3n) is 4.90. The van der Waals surface area contributed by atoms with Crippen LogP contribution in [-0.4, -0.2) is 27.6 Å². The van der Waals surface area contributed by atoms with Gasteiger partial charge in [0, 0.05) is 17.8 Å². The minimum atomic E-state index is 0.0755. The number of hydrogen-bond acceptors (Lipinski definition) is 5. The molecule has 1 fully saturated rings. The van der Waals surface area contributed by atoms with Crippen molar-refractivity contribution in [1.29, 1.82) is 5.26 Å². The third kappa shape index (κ3) is 2.82. The summed E-state index contributed by atoms with van der Waals surface area (Å²) in [6, 6.07) is 11.4. The Morgan fingerprint density at radius 3 is 2.77 bits per heavy atom. The molecule has 0 radical (unpaired) electrons. The second-order valence-corrected chi connectivity index (χ2v) is 6.58. The molecular weight excluding hydrogens is 328 g/mol. The van der Waals surface area contributed by atoms with Crippen LogP contribution in [-0.2, 0) is 0 Å². The van der Waals surface area contributed by atoms with Crippen LogP contribution in [0.5, 0.6) is 11.5 Å². The number of benzene rings is 1. The Balaban J connectivity index is 1.87. The maximum absolute atomic E-state index is 10.2. The molecule has 0 aliphatic heterocycles. The summed E-state index contributed by atoms with van der Waals surface area (Å²) in [5, 5.41) is 23.0. The van der Waals surface area contributed by atoms with Crippen molar-refractivity contribution >= 4 is 11.5 Å². The van der Waals surface area contributed by atoms with E-state index < -0.39 is 0 Å². The van der Waals surface area contributed by atoms with Gasteiger partial charge in [-0.1, -0.05) is 12.8 Å². The molecule has 132 valence electrons. The standard InChI is InChI=1S/C20H20N4O2/c1-26-17-8-7-14(10-16(17)25)19-20(22-15-4-2-3-5-15)24-12-13(11-21)6-9-18(24)23-19/h6-10,12,15,22,25H,2-5H2,1H3. The number of ether oxygens (including phenoxy) is 1. The largest absolute Gasteiger partial charge is 0.504 e. The summed E-state index contributed by atoms with van der Waals surface area (Å²) < 4.78 is 7.06. The summed E-state index contributed by atoms with van der Waals surface area (Å²) in [5.74, 6) is 1.36. The lowest BCUT2D eigenvalue weighted by Gasteiger charge is -2.15. The van der Waals surface area contributed by atoms with E-state index in [1.807, 2.05) is 16.5 Å². The number of aromatic hydroxyl groups is 1. The number of methoxy groups -OCH3 is 1. The number of phenolic OH excluding ortho intramolecular Hbond substituents is 1. The van der Waals surface area contributed by atoms with Crippen LogP contribution in [0.1, 0.15) is 31.2 Å². The summed E-state index contributed by atoms with van der Waals surface area (Å²) in [6.07, 6.45) is 6.48. The first-order chi connectivity index (χ1) is 12.7. The van der Waals surface area contributed by atoms with Gasteiger partial charge in [0.1, 0.15) is 23.2 Å². The molecule has 0 bridgehead atoms. The van der Waals surface area contributed by atoms with Crippen LogP contribution in [0.2, 0.25) is 0 Å². The Hall–Kier alpha value is -3.20. The minimum absolute atomic E-state index is 0.0755. The molecule has 0 unspecified atom stereocenters. The molecule has 6 nitrogen and oxygen atoms in total. The van der Waals surface area contributed by atoms with Gasteiger partial charge in [0.2, 0.25) is 0 Å². The van der Waals surface area contributed by atoms with Gasteiger partial charge in [-0.3, -0.25) is 4.40 Å². The molecule has 6 heteroatoms. The van der Waals surface area contributed by atoms with Crippen LogP contribution in [0, 0.1) is 11.3 Å². The molecule has 1 saturated carbocycles. The summed E-state index contributed by atoms with van der Waals surface area (Å²) in [7, 11) is 1.52. The maximum Gasteiger partial charge on any atom is 0.160 e. The zero-order valence-electron chi connectivity index (χ0n) is 14.6. The highest BCUT2D eigenvalue weighted by molar-refractivity contribution is 5.78. The van der Waals surface area contributed by atoms with Gasteiger partial charge in [0.15, 0.2) is 11.5 Å². The maximum atomic E-state index is 10.2. The molecule has 0 spiro atoms. The molecule has 2 N–H and O–H groups in total. The highest BCUT2D eigenvalue weighted by Gasteiger charge is 2.21. The van der Waals surface area contributed by atoms with Crippen LogP contribution in [0.25, 0.3) is 16.9 Å². The summed E-state index contributed by atoms with van der Waals surface area (Å²) in [6.45, 7) is 0. The SMILES string of the molecule is COc1ccc(-c2nc3ccc(C#N)cn3c2NC2CCCC2)cc1O. The quantitative estimate of drug-likeness (QED) is 0.746. The molecule has 2 heterocycles. The second kappa shape index (κ2) is 6.60. The van der Waals surface area contributed by atoms with Gasteiger partial charge in [-0.15, -0.1) is 0 Å². The number of nitrogens with one attached hydrogen (secondary N) is 1. The van der Waals surface area contributed by atoms with E-state index in [9.17, 15) is 10.4 Å². The van der Waals surface area contributed by atoms with E-state index in [0.717, 1.165) is 35.6 Å². The van der Waals surface area contributed by atoms with Crippen molar-refractivity contribution in [3.05, 3.63) is 42.1 Å². The van der Waals surface area contributed by atoms with Gasteiger partial charge in [-0.25, -0.2) is 4.98 Å². The number of pyridine rings is 1. The molecular formula is C20H20N4O2. The van der Waals surface area contributed by atoms with Crippen LogP contribution in [0.3, 0.4) is 0 Å². The highest BCUT2D eigenvalue weighted by atomic mass is 16.5. The number of nitrogens with zero attached hydrogens (tertiary/aromatic N) is 3. The molecule has 1 aromatic carbocycles. The van der Waals surface area contributed by atoms with Crippen molar-refractivity contribution in [2.75, 3.05) is 12.4 Å². The first-order valence-electron chi connectivity index (χ1n) is 8.75. The Labute approximate surface area is 151 Å². The van der Waals surface area contributed by atoms with Crippen molar-refractivity contribution in [2.45, 2.75) is 31.7 Å². The van der Waals surface area contributed by atoms with Crippen LogP contribution >= 0.6 is 0 Å². The second-order valence-electron chi connectivity index (χ2n) is 6.58. The van der Waals surface area contributed by atoms with E-state index in [1.165, 1.54) is 20.0 Å². The first kappa shape index (κ1) is 16.3. The average molecular weight is 348 g/mol. The van der Waals surface area contributed by atoms with Gasteiger partial charge in [-0.05, 0) is 43.2 Å². The molecule has 3 aromatic rings. The van der Waals surface area contributed by atoms with Gasteiger partial charge in [0.25, 0.3) is 0 Å². The number of fused-ring (bicyclic) bond motifs is 1. The number of imidazole rings is 1. The van der Waals surface area contributed by atoms with Crippen LogP contribution in [0.15, 0.2) is 36.5 Å². The number of anilines is 1. The fourth-order valence-corrected chi connectivity index (χ4v) is 3.55. The number of nitriles is 1. The number of phenols is 1. The van der Waals surface area contributed by atoms with E-state index in [1.54, 1.807) is 24.4 Å². The zero-order valence-corrected chi connectivity index (χ0v) is 14.6. The van der Waals surface area contributed by atoms with Crippen molar-refractivity contribution in [3.63, 3.8) is 0 Å². The van der Waals surface area contributed by atoms with Crippen molar-refractivity contribution in [1.82, 2.24) is 9.38 Å². The molecule has 0 amide bonds. The molecule has 2 aromatic heterocycles. The zero-order chi connectivity index (χ0) is 18.1. The van der Waals surface area contributed by atoms with Crippen molar-refractivity contribution in [3.8, 4) is 28.8 Å². The van der Waals surface area contributed by atoms with Crippen LogP contribution in [0.4, 0.5) is 5.82 Å².